The first-order valence-electron chi connectivity index (χ1n) is 5.20. The second-order valence-electron chi connectivity index (χ2n) is 4.20. The summed E-state index contributed by atoms with van der Waals surface area (Å²) >= 11 is 0. The lowest BCUT2D eigenvalue weighted by atomic mass is 9.96. The van der Waals surface area contributed by atoms with Gasteiger partial charge in [0.2, 0.25) is 0 Å². The van der Waals surface area contributed by atoms with Crippen LogP contribution >= 0.6 is 0 Å². The number of hydrogen-bond donors (Lipinski definition) is 0. The van der Waals surface area contributed by atoms with Crippen molar-refractivity contribution in [1.29, 1.82) is 0 Å². The van der Waals surface area contributed by atoms with Gasteiger partial charge in [-0.1, -0.05) is 36.6 Å². The van der Waals surface area contributed by atoms with Gasteiger partial charge < -0.3 is 0 Å². The Bertz CT molecular complexity index is 232. The van der Waals surface area contributed by atoms with Crippen molar-refractivity contribution in [2.24, 2.45) is 11.8 Å². The number of hydrogen-bond acceptors (Lipinski definition) is 0. The molecule has 0 aromatic rings. The van der Waals surface area contributed by atoms with Crippen LogP contribution in [0.3, 0.4) is 0 Å². The van der Waals surface area contributed by atoms with Gasteiger partial charge in [0.15, 0.2) is 0 Å². The molecule has 0 radical (unpaired) electrons. The summed E-state index contributed by atoms with van der Waals surface area (Å²) in [6, 6.07) is 0. The van der Waals surface area contributed by atoms with Crippen molar-refractivity contribution in [3.63, 3.8) is 0 Å². The van der Waals surface area contributed by atoms with E-state index in [4.69, 9.17) is 0 Å². The summed E-state index contributed by atoms with van der Waals surface area (Å²) in [7, 11) is 0. The number of allylic oxidation sites excluding steroid dienone is 4. The van der Waals surface area contributed by atoms with Gasteiger partial charge in [-0.3, -0.25) is 0 Å². The van der Waals surface area contributed by atoms with Crippen LogP contribution in [0.2, 0.25) is 0 Å². The zero-order valence-electron chi connectivity index (χ0n) is 8.14. The Morgan fingerprint density at radius 3 is 2.67 bits per heavy atom. The third-order valence-electron chi connectivity index (χ3n) is 3.27. The largest absolute Gasteiger partial charge is 0.0778 e. The Hall–Kier alpha value is -0.520. The molecule has 2 aliphatic rings. The smallest absolute Gasteiger partial charge is 0.00116 e. The highest BCUT2D eigenvalue weighted by Gasteiger charge is 2.30. The van der Waals surface area contributed by atoms with Gasteiger partial charge in [-0.25, -0.2) is 0 Å². The van der Waals surface area contributed by atoms with Crippen LogP contribution in [0.25, 0.3) is 0 Å². The fraction of sp³-hybridized carbons (Fsp3) is 0.667. The molecule has 2 atom stereocenters. The lowest BCUT2D eigenvalue weighted by Crippen LogP contribution is -1.94. The molecule has 0 spiro atoms. The van der Waals surface area contributed by atoms with Gasteiger partial charge >= 0.3 is 0 Å². The van der Waals surface area contributed by atoms with Gasteiger partial charge in [-0.15, -0.1) is 0 Å². The highest BCUT2D eigenvalue weighted by molar-refractivity contribution is 5.34. The van der Waals surface area contributed by atoms with Crippen molar-refractivity contribution in [3.8, 4) is 0 Å². The highest BCUT2D eigenvalue weighted by Crippen LogP contribution is 2.44. The molecule has 0 aromatic carbocycles. The monoisotopic (exact) mass is 162 g/mol. The molecule has 0 saturated heterocycles. The molecule has 0 amide bonds. The Balaban J connectivity index is 1.96. The summed E-state index contributed by atoms with van der Waals surface area (Å²) in [5.74, 6) is 1.66. The predicted octanol–water partition coefficient (Wildman–Crippen LogP) is 3.70. The molecule has 0 N–H and O–H groups in total. The molecule has 0 heteroatoms. The van der Waals surface area contributed by atoms with Crippen molar-refractivity contribution in [1.82, 2.24) is 0 Å². The van der Waals surface area contributed by atoms with Crippen molar-refractivity contribution >= 4 is 0 Å². The second kappa shape index (κ2) is 3.08. The summed E-state index contributed by atoms with van der Waals surface area (Å²) < 4.78 is 0. The third kappa shape index (κ3) is 1.24. The van der Waals surface area contributed by atoms with Gasteiger partial charge in [0.05, 0.1) is 0 Å². The average molecular weight is 162 g/mol. The quantitative estimate of drug-likeness (QED) is 0.555. The van der Waals surface area contributed by atoms with Crippen molar-refractivity contribution in [2.75, 3.05) is 0 Å². The Kier molecular flexibility index (Phi) is 2.08. The molecular formula is C12H18. The maximum absolute atomic E-state index is 2.52. The minimum absolute atomic E-state index is 0.821. The Morgan fingerprint density at radius 1 is 1.33 bits per heavy atom. The predicted molar refractivity (Wildman–Crippen MR) is 53.0 cm³/mol. The maximum Gasteiger partial charge on any atom is -0.00116 e. The molecule has 2 unspecified atom stereocenters. The zero-order chi connectivity index (χ0) is 8.55. The summed E-state index contributed by atoms with van der Waals surface area (Å²) in [4.78, 5) is 0. The highest BCUT2D eigenvalue weighted by atomic mass is 14.4. The molecule has 66 valence electrons. The van der Waals surface area contributed by atoms with Crippen LogP contribution in [0, 0.1) is 11.8 Å². The Morgan fingerprint density at radius 2 is 2.17 bits per heavy atom. The molecule has 0 nitrogen and oxygen atoms in total. The van der Waals surface area contributed by atoms with Crippen molar-refractivity contribution in [3.05, 3.63) is 23.3 Å². The first kappa shape index (κ1) is 8.10. The summed E-state index contributed by atoms with van der Waals surface area (Å²) in [5.41, 5.74) is 3.34. The average Bonchev–Trinajstić information content (AvgIpc) is 2.58. The topological polar surface area (TPSA) is 0 Å². The van der Waals surface area contributed by atoms with Crippen LogP contribution in [-0.2, 0) is 0 Å². The summed E-state index contributed by atoms with van der Waals surface area (Å²) in [6.07, 6.45) is 10.5. The van der Waals surface area contributed by atoms with E-state index in [2.05, 4.69) is 26.0 Å². The molecule has 0 fully saturated rings. The molecule has 12 heavy (non-hydrogen) atoms. The fourth-order valence-electron chi connectivity index (χ4n) is 2.46. The van der Waals surface area contributed by atoms with E-state index in [0.29, 0.717) is 0 Å². The van der Waals surface area contributed by atoms with Crippen LogP contribution in [0.5, 0.6) is 0 Å². The zero-order valence-corrected chi connectivity index (χ0v) is 8.14. The maximum atomic E-state index is 2.52. The lowest BCUT2D eigenvalue weighted by molar-refractivity contribution is 0.667. The van der Waals surface area contributed by atoms with Crippen LogP contribution in [0.1, 0.15) is 39.5 Å². The minimum Gasteiger partial charge on any atom is -0.0778 e. The van der Waals surface area contributed by atoms with Crippen LogP contribution < -0.4 is 0 Å². The van der Waals surface area contributed by atoms with Crippen molar-refractivity contribution in [2.45, 2.75) is 39.5 Å². The molecule has 2 aliphatic carbocycles. The van der Waals surface area contributed by atoms with Crippen molar-refractivity contribution < 1.29 is 0 Å². The summed E-state index contributed by atoms with van der Waals surface area (Å²) in [5, 5.41) is 0. The minimum atomic E-state index is 0.821. The number of unbranched alkanes of at least 4 members (excludes halogenated alkanes) is 1. The molecule has 0 heterocycles. The van der Waals surface area contributed by atoms with E-state index < -0.39 is 0 Å². The molecule has 0 saturated carbocycles. The SMILES string of the molecule is CCCCC1=CC2CC1C=C2C. The lowest BCUT2D eigenvalue weighted by Gasteiger charge is -2.10. The first-order valence-corrected chi connectivity index (χ1v) is 5.20. The van der Waals surface area contributed by atoms with E-state index in [1.807, 2.05) is 0 Å². The normalized spacial score (nSPS) is 32.2. The van der Waals surface area contributed by atoms with Crippen LogP contribution in [0.15, 0.2) is 23.3 Å². The molecule has 0 aromatic heterocycles. The van der Waals surface area contributed by atoms with E-state index in [1.54, 1.807) is 11.1 Å². The number of fused-ring (bicyclic) bond motifs is 2. The molecule has 0 aliphatic heterocycles. The van der Waals surface area contributed by atoms with Gasteiger partial charge in [-0.2, -0.15) is 0 Å². The van der Waals surface area contributed by atoms with E-state index in [-0.39, 0.29) is 0 Å². The Labute approximate surface area is 75.4 Å². The summed E-state index contributed by atoms with van der Waals surface area (Å²) in [6.45, 7) is 4.55. The molecular weight excluding hydrogens is 144 g/mol. The van der Waals surface area contributed by atoms with Gasteiger partial charge in [0, 0.05) is 0 Å². The van der Waals surface area contributed by atoms with Gasteiger partial charge in [0.25, 0.3) is 0 Å². The van der Waals surface area contributed by atoms with Crippen LogP contribution in [0.4, 0.5) is 0 Å². The van der Waals surface area contributed by atoms with Gasteiger partial charge in [-0.05, 0) is 38.0 Å². The van der Waals surface area contributed by atoms with E-state index >= 15 is 0 Å². The van der Waals surface area contributed by atoms with E-state index in [1.165, 1.54) is 25.7 Å². The van der Waals surface area contributed by atoms with Gasteiger partial charge in [0.1, 0.15) is 0 Å². The van der Waals surface area contributed by atoms with E-state index in [0.717, 1.165) is 11.8 Å². The first-order chi connectivity index (χ1) is 5.81. The second-order valence-corrected chi connectivity index (χ2v) is 4.20. The van der Waals surface area contributed by atoms with E-state index in [9.17, 15) is 0 Å². The fourth-order valence-corrected chi connectivity index (χ4v) is 2.46. The number of rotatable bonds is 3. The molecule has 2 rings (SSSR count). The standard InChI is InChI=1S/C12H18/c1-3-4-5-10-7-11-8-12(10)6-9(11)2/h6-7,11-12H,3-5,8H2,1-2H3. The van der Waals surface area contributed by atoms with Crippen LogP contribution in [-0.4, -0.2) is 0 Å². The molecule has 2 bridgehead atoms. The third-order valence-corrected chi connectivity index (χ3v) is 3.27.